The maximum absolute atomic E-state index is 9.60. The van der Waals surface area contributed by atoms with Crippen LogP contribution in [-0.4, -0.2) is 17.8 Å². The van der Waals surface area contributed by atoms with E-state index in [0.29, 0.717) is 0 Å². The quantitative estimate of drug-likeness (QED) is 0.831. The van der Waals surface area contributed by atoms with Gasteiger partial charge in [0.15, 0.2) is 0 Å². The van der Waals surface area contributed by atoms with Crippen LogP contribution in [0.4, 0.5) is 0 Å². The number of hydrogen-bond acceptors (Lipinski definition) is 2. The highest BCUT2D eigenvalue weighted by Gasteiger charge is 2.11. The first-order valence-electron chi connectivity index (χ1n) is 7.55. The molecule has 2 rings (SSSR count). The molecule has 0 saturated heterocycles. The number of hydrogen-bond donors (Lipinski definition) is 2. The summed E-state index contributed by atoms with van der Waals surface area (Å²) in [4.78, 5) is 0. The van der Waals surface area contributed by atoms with Gasteiger partial charge in [0.25, 0.3) is 0 Å². The summed E-state index contributed by atoms with van der Waals surface area (Å²) in [6.07, 6.45) is 7.84. The molecule has 1 atom stereocenters. The maximum atomic E-state index is 9.60. The lowest BCUT2D eigenvalue weighted by atomic mass is 9.94. The van der Waals surface area contributed by atoms with E-state index in [4.69, 9.17) is 0 Å². The highest BCUT2D eigenvalue weighted by atomic mass is 16.3. The molecule has 0 saturated carbocycles. The van der Waals surface area contributed by atoms with E-state index in [9.17, 15) is 5.11 Å². The van der Waals surface area contributed by atoms with Crippen molar-refractivity contribution in [3.8, 4) is 0 Å². The fourth-order valence-corrected chi connectivity index (χ4v) is 2.64. The van der Waals surface area contributed by atoms with Crippen LogP contribution in [0.1, 0.15) is 37.8 Å². The summed E-state index contributed by atoms with van der Waals surface area (Å²) in [6, 6.07) is 8.94. The molecule has 2 heteroatoms. The summed E-state index contributed by atoms with van der Waals surface area (Å²) in [5.41, 5.74) is 5.42. The molecule has 1 unspecified atom stereocenters. The summed E-state index contributed by atoms with van der Waals surface area (Å²) < 4.78 is 0. The first-order valence-corrected chi connectivity index (χ1v) is 7.55. The standard InChI is InChI=1S/C18H25NO/c1-3-4-15-5-7-16(8-6-15)12-18-13-19-10-9-17(18)11-14(2)20/h5-10,14,19-20H,3-4,11-13H2,1-2H3. The topological polar surface area (TPSA) is 32.3 Å². The van der Waals surface area contributed by atoms with Gasteiger partial charge in [-0.15, -0.1) is 0 Å². The molecule has 1 aromatic carbocycles. The Morgan fingerprint density at radius 2 is 1.90 bits per heavy atom. The van der Waals surface area contributed by atoms with Crippen molar-refractivity contribution in [2.75, 3.05) is 6.54 Å². The summed E-state index contributed by atoms with van der Waals surface area (Å²) in [6.45, 7) is 4.94. The van der Waals surface area contributed by atoms with E-state index in [1.165, 1.54) is 28.7 Å². The highest BCUT2D eigenvalue weighted by molar-refractivity contribution is 5.35. The second kappa shape index (κ2) is 7.30. The Labute approximate surface area is 122 Å². The number of benzene rings is 1. The van der Waals surface area contributed by atoms with Crippen LogP contribution in [0, 0.1) is 0 Å². The average molecular weight is 271 g/mol. The zero-order valence-corrected chi connectivity index (χ0v) is 12.5. The van der Waals surface area contributed by atoms with Crippen LogP contribution in [-0.2, 0) is 12.8 Å². The average Bonchev–Trinajstić information content (AvgIpc) is 2.43. The van der Waals surface area contributed by atoms with Gasteiger partial charge in [-0.2, -0.15) is 0 Å². The number of aryl methyl sites for hydroxylation is 1. The molecule has 2 N–H and O–H groups in total. The van der Waals surface area contributed by atoms with Gasteiger partial charge in [-0.3, -0.25) is 0 Å². The van der Waals surface area contributed by atoms with E-state index < -0.39 is 0 Å². The van der Waals surface area contributed by atoms with Crippen molar-refractivity contribution < 1.29 is 5.11 Å². The van der Waals surface area contributed by atoms with Crippen molar-refractivity contribution in [1.29, 1.82) is 0 Å². The molecule has 2 nitrogen and oxygen atoms in total. The highest BCUT2D eigenvalue weighted by Crippen LogP contribution is 2.20. The molecular formula is C18H25NO. The van der Waals surface area contributed by atoms with Gasteiger partial charge in [0.05, 0.1) is 6.10 Å². The Bertz CT molecular complexity index is 483. The molecule has 0 amide bonds. The minimum Gasteiger partial charge on any atom is -0.393 e. The summed E-state index contributed by atoms with van der Waals surface area (Å²) in [5, 5.41) is 12.9. The molecule has 1 heterocycles. The third-order valence-electron chi connectivity index (χ3n) is 3.67. The SMILES string of the molecule is CCCc1ccc(CC2=C(CC(C)O)C=CNC2)cc1. The molecule has 0 spiro atoms. The summed E-state index contributed by atoms with van der Waals surface area (Å²) >= 11 is 0. The van der Waals surface area contributed by atoms with Crippen LogP contribution in [0.5, 0.6) is 0 Å². The summed E-state index contributed by atoms with van der Waals surface area (Å²) in [7, 11) is 0. The van der Waals surface area contributed by atoms with E-state index in [2.05, 4.69) is 42.6 Å². The van der Waals surface area contributed by atoms with E-state index in [-0.39, 0.29) is 6.10 Å². The summed E-state index contributed by atoms with van der Waals surface area (Å²) in [5.74, 6) is 0. The molecule has 1 aliphatic rings. The molecule has 20 heavy (non-hydrogen) atoms. The second-order valence-electron chi connectivity index (χ2n) is 5.64. The predicted octanol–water partition coefficient (Wildman–Crippen LogP) is 3.37. The molecule has 0 bridgehead atoms. The van der Waals surface area contributed by atoms with Crippen molar-refractivity contribution >= 4 is 0 Å². The van der Waals surface area contributed by atoms with Gasteiger partial charge in [0.1, 0.15) is 0 Å². The largest absolute Gasteiger partial charge is 0.393 e. The minimum absolute atomic E-state index is 0.283. The van der Waals surface area contributed by atoms with Gasteiger partial charge in [0.2, 0.25) is 0 Å². The van der Waals surface area contributed by atoms with Gasteiger partial charge in [-0.25, -0.2) is 0 Å². The smallest absolute Gasteiger partial charge is 0.0552 e. The van der Waals surface area contributed by atoms with E-state index >= 15 is 0 Å². The third-order valence-corrected chi connectivity index (χ3v) is 3.67. The van der Waals surface area contributed by atoms with Crippen LogP contribution in [0.15, 0.2) is 47.7 Å². The van der Waals surface area contributed by atoms with E-state index in [1.807, 2.05) is 13.1 Å². The number of nitrogens with one attached hydrogen (secondary N) is 1. The molecule has 108 valence electrons. The molecule has 0 radical (unpaired) electrons. The zero-order chi connectivity index (χ0) is 14.4. The fourth-order valence-electron chi connectivity index (χ4n) is 2.64. The Kier molecular flexibility index (Phi) is 5.42. The normalized spacial score (nSPS) is 16.1. The molecule has 1 aliphatic heterocycles. The van der Waals surface area contributed by atoms with Crippen LogP contribution in [0.3, 0.4) is 0 Å². The lowest BCUT2D eigenvalue weighted by Gasteiger charge is -2.19. The number of aliphatic hydroxyl groups excluding tert-OH is 1. The van der Waals surface area contributed by atoms with Gasteiger partial charge < -0.3 is 10.4 Å². The maximum Gasteiger partial charge on any atom is 0.0552 e. The molecule has 0 aliphatic carbocycles. The van der Waals surface area contributed by atoms with Crippen molar-refractivity contribution in [2.24, 2.45) is 0 Å². The first-order chi connectivity index (χ1) is 9.69. The lowest BCUT2D eigenvalue weighted by molar-refractivity contribution is 0.195. The van der Waals surface area contributed by atoms with E-state index in [1.54, 1.807) is 0 Å². The van der Waals surface area contributed by atoms with Crippen molar-refractivity contribution in [1.82, 2.24) is 5.32 Å². The number of dihydropyridines is 1. The van der Waals surface area contributed by atoms with Crippen molar-refractivity contribution in [3.63, 3.8) is 0 Å². The third kappa shape index (κ3) is 4.24. The lowest BCUT2D eigenvalue weighted by Crippen LogP contribution is -2.18. The number of rotatable bonds is 6. The van der Waals surface area contributed by atoms with Gasteiger partial charge in [0, 0.05) is 6.54 Å². The van der Waals surface area contributed by atoms with Crippen LogP contribution in [0.2, 0.25) is 0 Å². The van der Waals surface area contributed by atoms with Crippen LogP contribution >= 0.6 is 0 Å². The van der Waals surface area contributed by atoms with Crippen molar-refractivity contribution in [2.45, 2.75) is 45.6 Å². The molecular weight excluding hydrogens is 246 g/mol. The zero-order valence-electron chi connectivity index (χ0n) is 12.5. The van der Waals surface area contributed by atoms with Gasteiger partial charge in [-0.05, 0) is 60.7 Å². The molecule has 0 aromatic heterocycles. The Morgan fingerprint density at radius 1 is 1.20 bits per heavy atom. The Hall–Kier alpha value is -1.54. The van der Waals surface area contributed by atoms with Gasteiger partial charge >= 0.3 is 0 Å². The number of allylic oxidation sites excluding steroid dienone is 1. The molecule has 0 fully saturated rings. The first kappa shape index (κ1) is 14.9. The number of aliphatic hydroxyl groups is 1. The van der Waals surface area contributed by atoms with Crippen LogP contribution < -0.4 is 5.32 Å². The fraction of sp³-hybridized carbons (Fsp3) is 0.444. The Morgan fingerprint density at radius 3 is 2.55 bits per heavy atom. The van der Waals surface area contributed by atoms with Crippen LogP contribution in [0.25, 0.3) is 0 Å². The minimum atomic E-state index is -0.283. The molecule has 1 aromatic rings. The van der Waals surface area contributed by atoms with Crippen molar-refractivity contribution in [3.05, 3.63) is 58.8 Å². The predicted molar refractivity (Wildman–Crippen MR) is 84.6 cm³/mol. The second-order valence-corrected chi connectivity index (χ2v) is 5.64. The monoisotopic (exact) mass is 271 g/mol. The Balaban J connectivity index is 2.09. The van der Waals surface area contributed by atoms with E-state index in [0.717, 1.165) is 25.8 Å². The van der Waals surface area contributed by atoms with Gasteiger partial charge in [-0.1, -0.05) is 37.6 Å².